The van der Waals surface area contributed by atoms with Gasteiger partial charge in [0.2, 0.25) is 5.95 Å². The molecule has 0 saturated carbocycles. The van der Waals surface area contributed by atoms with Gasteiger partial charge in [-0.2, -0.15) is 4.39 Å². The molecule has 0 fully saturated rings. The summed E-state index contributed by atoms with van der Waals surface area (Å²) in [6.45, 7) is 1.82. The lowest BCUT2D eigenvalue weighted by Gasteiger charge is -2.09. The van der Waals surface area contributed by atoms with Crippen molar-refractivity contribution >= 4 is 5.91 Å². The van der Waals surface area contributed by atoms with E-state index in [4.69, 9.17) is 5.11 Å². The van der Waals surface area contributed by atoms with E-state index < -0.39 is 23.2 Å². The second-order valence-corrected chi connectivity index (χ2v) is 3.46. The molecular weight excluding hydrogens is 218 g/mol. The van der Waals surface area contributed by atoms with E-state index in [0.717, 1.165) is 12.3 Å². The molecule has 2 N–H and O–H groups in total. The monoisotopic (exact) mass is 230 g/mol. The van der Waals surface area contributed by atoms with Crippen LogP contribution in [0.2, 0.25) is 0 Å². The Labute approximate surface area is 91.3 Å². The number of rotatable bonds is 4. The van der Waals surface area contributed by atoms with Crippen LogP contribution < -0.4 is 5.32 Å². The van der Waals surface area contributed by atoms with Crippen LogP contribution in [0.15, 0.2) is 12.3 Å². The summed E-state index contributed by atoms with van der Waals surface area (Å²) in [5.74, 6) is -3.43. The Bertz CT molecular complexity index is 385. The minimum absolute atomic E-state index is 0.0898. The minimum atomic E-state index is -1.30. The van der Waals surface area contributed by atoms with Gasteiger partial charge < -0.3 is 10.4 Å². The highest BCUT2D eigenvalue weighted by Gasteiger charge is 2.16. The lowest BCUT2D eigenvalue weighted by molar-refractivity contribution is 0.0937. The van der Waals surface area contributed by atoms with Crippen LogP contribution in [0, 0.1) is 17.7 Å². The van der Waals surface area contributed by atoms with Crippen molar-refractivity contribution in [2.45, 2.75) is 6.92 Å². The fourth-order valence-electron chi connectivity index (χ4n) is 1.02. The van der Waals surface area contributed by atoms with Gasteiger partial charge in [-0.25, -0.2) is 9.37 Å². The van der Waals surface area contributed by atoms with Crippen LogP contribution in [0.25, 0.3) is 0 Å². The van der Waals surface area contributed by atoms with Gasteiger partial charge in [-0.1, -0.05) is 6.92 Å². The van der Waals surface area contributed by atoms with Crippen molar-refractivity contribution in [1.29, 1.82) is 0 Å². The van der Waals surface area contributed by atoms with Gasteiger partial charge in [0.25, 0.3) is 5.91 Å². The van der Waals surface area contributed by atoms with E-state index in [1.165, 1.54) is 0 Å². The number of nitrogens with zero attached hydrogens (tertiary/aromatic N) is 1. The number of hydrogen-bond acceptors (Lipinski definition) is 3. The Kier molecular flexibility index (Phi) is 4.30. The maximum Gasteiger partial charge on any atom is 0.254 e. The van der Waals surface area contributed by atoms with Crippen molar-refractivity contribution < 1.29 is 18.7 Å². The summed E-state index contributed by atoms with van der Waals surface area (Å²) in [6.07, 6.45) is 1.02. The molecule has 1 rings (SSSR count). The molecule has 0 radical (unpaired) electrons. The zero-order chi connectivity index (χ0) is 12.1. The van der Waals surface area contributed by atoms with Crippen molar-refractivity contribution in [3.05, 3.63) is 29.6 Å². The highest BCUT2D eigenvalue weighted by molar-refractivity contribution is 5.94. The number of carbonyl (C=O) groups is 1. The van der Waals surface area contributed by atoms with Crippen molar-refractivity contribution in [1.82, 2.24) is 10.3 Å². The first-order chi connectivity index (χ1) is 7.56. The van der Waals surface area contributed by atoms with Crippen LogP contribution in [0.1, 0.15) is 17.3 Å². The number of pyridine rings is 1. The molecule has 1 aromatic heterocycles. The van der Waals surface area contributed by atoms with Gasteiger partial charge in [0, 0.05) is 19.3 Å². The first-order valence-electron chi connectivity index (χ1n) is 4.75. The molecule has 1 amide bonds. The first-order valence-corrected chi connectivity index (χ1v) is 4.75. The Morgan fingerprint density at radius 1 is 1.62 bits per heavy atom. The molecule has 1 atom stereocenters. The van der Waals surface area contributed by atoms with Gasteiger partial charge in [-0.05, 0) is 12.0 Å². The average molecular weight is 230 g/mol. The van der Waals surface area contributed by atoms with E-state index in [2.05, 4.69) is 10.3 Å². The smallest absolute Gasteiger partial charge is 0.254 e. The van der Waals surface area contributed by atoms with Gasteiger partial charge >= 0.3 is 0 Å². The molecule has 88 valence electrons. The summed E-state index contributed by atoms with van der Waals surface area (Å²) in [7, 11) is 0. The van der Waals surface area contributed by atoms with E-state index in [1.807, 2.05) is 0 Å². The summed E-state index contributed by atoms with van der Waals surface area (Å²) in [5, 5.41) is 11.1. The summed E-state index contributed by atoms with van der Waals surface area (Å²) < 4.78 is 25.8. The van der Waals surface area contributed by atoms with Gasteiger partial charge in [0.15, 0.2) is 5.82 Å². The number of carbonyl (C=O) groups excluding carboxylic acids is 1. The molecule has 0 aliphatic carbocycles. The van der Waals surface area contributed by atoms with E-state index in [9.17, 15) is 13.6 Å². The summed E-state index contributed by atoms with van der Waals surface area (Å²) in [5.41, 5.74) is -0.391. The minimum Gasteiger partial charge on any atom is -0.396 e. The summed E-state index contributed by atoms with van der Waals surface area (Å²) >= 11 is 0. The number of aliphatic hydroxyl groups excluding tert-OH is 1. The van der Waals surface area contributed by atoms with E-state index in [1.54, 1.807) is 6.92 Å². The predicted molar refractivity (Wildman–Crippen MR) is 52.7 cm³/mol. The number of hydrogen-bond donors (Lipinski definition) is 2. The molecule has 0 saturated heterocycles. The van der Waals surface area contributed by atoms with E-state index >= 15 is 0 Å². The number of nitrogens with one attached hydrogen (secondary N) is 1. The zero-order valence-corrected chi connectivity index (χ0v) is 8.70. The number of amides is 1. The fraction of sp³-hybridized carbons (Fsp3) is 0.400. The third-order valence-corrected chi connectivity index (χ3v) is 2.01. The van der Waals surface area contributed by atoms with Crippen LogP contribution in [-0.2, 0) is 0 Å². The molecule has 1 aromatic rings. The molecule has 0 aliphatic rings. The van der Waals surface area contributed by atoms with Crippen LogP contribution in [0.4, 0.5) is 8.78 Å². The molecule has 1 unspecified atom stereocenters. The lowest BCUT2D eigenvalue weighted by atomic mass is 10.2. The van der Waals surface area contributed by atoms with E-state index in [0.29, 0.717) is 0 Å². The van der Waals surface area contributed by atoms with Crippen LogP contribution in [0.5, 0.6) is 0 Å². The van der Waals surface area contributed by atoms with Crippen LogP contribution in [-0.4, -0.2) is 29.1 Å². The number of halogens is 2. The fourth-order valence-corrected chi connectivity index (χ4v) is 1.02. The third-order valence-electron chi connectivity index (χ3n) is 2.01. The molecular formula is C10H12F2N2O2. The first kappa shape index (κ1) is 12.5. The van der Waals surface area contributed by atoms with Crippen LogP contribution >= 0.6 is 0 Å². The Hall–Kier alpha value is -1.56. The van der Waals surface area contributed by atoms with E-state index in [-0.39, 0.29) is 19.1 Å². The summed E-state index contributed by atoms with van der Waals surface area (Å²) in [4.78, 5) is 14.5. The molecule has 0 aliphatic heterocycles. The molecule has 4 nitrogen and oxygen atoms in total. The standard InChI is InChI=1S/C10H12F2N2O2/c1-6(5-15)4-14-10(16)7-2-3-13-9(12)8(7)11/h2-3,6,15H,4-5H2,1H3,(H,14,16). The second-order valence-electron chi connectivity index (χ2n) is 3.46. The molecule has 0 spiro atoms. The Morgan fingerprint density at radius 3 is 2.94 bits per heavy atom. The van der Waals surface area contributed by atoms with Gasteiger partial charge in [-0.15, -0.1) is 0 Å². The highest BCUT2D eigenvalue weighted by Crippen LogP contribution is 2.08. The predicted octanol–water partition coefficient (Wildman–Crippen LogP) is 0.718. The van der Waals surface area contributed by atoms with Gasteiger partial charge in [-0.3, -0.25) is 4.79 Å². The topological polar surface area (TPSA) is 62.2 Å². The van der Waals surface area contributed by atoms with Crippen molar-refractivity contribution in [3.63, 3.8) is 0 Å². The molecule has 0 bridgehead atoms. The maximum absolute atomic E-state index is 13.1. The SMILES string of the molecule is CC(CO)CNC(=O)c1ccnc(F)c1F. The molecule has 6 heteroatoms. The van der Waals surface area contributed by atoms with Gasteiger partial charge in [0.05, 0.1) is 5.56 Å². The number of aromatic nitrogens is 1. The third kappa shape index (κ3) is 2.96. The highest BCUT2D eigenvalue weighted by atomic mass is 19.2. The van der Waals surface area contributed by atoms with Gasteiger partial charge in [0.1, 0.15) is 0 Å². The Balaban J connectivity index is 2.70. The quantitative estimate of drug-likeness (QED) is 0.749. The molecule has 0 aromatic carbocycles. The average Bonchev–Trinajstić information content (AvgIpc) is 2.29. The second kappa shape index (κ2) is 5.50. The summed E-state index contributed by atoms with van der Waals surface area (Å²) in [6, 6.07) is 1.09. The van der Waals surface area contributed by atoms with Crippen molar-refractivity contribution in [3.8, 4) is 0 Å². The molecule has 1 heterocycles. The van der Waals surface area contributed by atoms with Crippen LogP contribution in [0.3, 0.4) is 0 Å². The zero-order valence-electron chi connectivity index (χ0n) is 8.70. The van der Waals surface area contributed by atoms with Crippen molar-refractivity contribution in [2.75, 3.05) is 13.2 Å². The maximum atomic E-state index is 13.1. The Morgan fingerprint density at radius 2 is 2.31 bits per heavy atom. The molecule has 16 heavy (non-hydrogen) atoms. The lowest BCUT2D eigenvalue weighted by Crippen LogP contribution is -2.30. The largest absolute Gasteiger partial charge is 0.396 e. The van der Waals surface area contributed by atoms with Crippen molar-refractivity contribution in [2.24, 2.45) is 5.92 Å². The normalized spacial score (nSPS) is 12.2. The number of aliphatic hydroxyl groups is 1.